The van der Waals surface area contributed by atoms with E-state index >= 15 is 0 Å². The number of hydrogen-bond acceptors (Lipinski definition) is 6. The van der Waals surface area contributed by atoms with Crippen molar-refractivity contribution in [3.63, 3.8) is 0 Å². The summed E-state index contributed by atoms with van der Waals surface area (Å²) in [6.07, 6.45) is 21.4. The summed E-state index contributed by atoms with van der Waals surface area (Å²) >= 11 is 0. The summed E-state index contributed by atoms with van der Waals surface area (Å²) in [4.78, 5) is 22.5. The first-order valence-electron chi connectivity index (χ1n) is 16.3. The molecule has 0 aliphatic heterocycles. The van der Waals surface area contributed by atoms with E-state index in [4.69, 9.17) is 18.5 Å². The van der Waals surface area contributed by atoms with E-state index in [1.165, 1.54) is 83.5 Å². The van der Waals surface area contributed by atoms with Crippen LogP contribution in [0.2, 0.25) is 0 Å². The highest BCUT2D eigenvalue weighted by Gasteiger charge is 2.26. The van der Waals surface area contributed by atoms with Gasteiger partial charge in [0.2, 0.25) is 0 Å². The van der Waals surface area contributed by atoms with E-state index in [0.29, 0.717) is 24.1 Å². The monoisotopic (exact) mass is 594 g/mol. The van der Waals surface area contributed by atoms with Crippen LogP contribution in [0.4, 0.5) is 0 Å². The average Bonchev–Trinajstić information content (AvgIpc) is 2.88. The minimum atomic E-state index is -4.24. The molecule has 0 aliphatic carbocycles. The molecule has 0 rings (SSSR count). The van der Waals surface area contributed by atoms with Gasteiger partial charge in [0.05, 0.1) is 34.4 Å². The molecule has 0 spiro atoms. The lowest BCUT2D eigenvalue weighted by molar-refractivity contribution is -0.870. The predicted molar refractivity (Wildman–Crippen MR) is 164 cm³/mol. The molecule has 2 atom stereocenters. The Morgan fingerprint density at radius 1 is 0.675 bits per heavy atom. The fourth-order valence-corrected chi connectivity index (χ4v) is 5.06. The van der Waals surface area contributed by atoms with Gasteiger partial charge in [-0.15, -0.1) is 0 Å². The van der Waals surface area contributed by atoms with Crippen molar-refractivity contribution in [2.24, 2.45) is 0 Å². The minimum absolute atomic E-state index is 0.0925. The molecule has 0 amide bonds. The molecule has 240 valence electrons. The van der Waals surface area contributed by atoms with Crippen LogP contribution in [0.3, 0.4) is 0 Å². The first-order chi connectivity index (χ1) is 19.1. The molecular formula is C31H65NO7P+. The van der Waals surface area contributed by atoms with Gasteiger partial charge in [-0.3, -0.25) is 13.8 Å². The van der Waals surface area contributed by atoms with Gasteiger partial charge in [-0.1, -0.05) is 117 Å². The van der Waals surface area contributed by atoms with Gasteiger partial charge in [0.15, 0.2) is 0 Å². The second kappa shape index (κ2) is 26.2. The van der Waals surface area contributed by atoms with Crippen molar-refractivity contribution >= 4 is 13.8 Å². The van der Waals surface area contributed by atoms with Crippen molar-refractivity contribution in [3.8, 4) is 0 Å². The number of carbonyl (C=O) groups excluding carboxylic acids is 1. The van der Waals surface area contributed by atoms with E-state index in [1.54, 1.807) is 0 Å². The molecule has 0 saturated heterocycles. The van der Waals surface area contributed by atoms with E-state index in [1.807, 2.05) is 21.1 Å². The number of unbranched alkanes of at least 4 members (excludes halogenated alkanes) is 16. The highest BCUT2D eigenvalue weighted by molar-refractivity contribution is 7.47. The number of nitrogens with zero attached hydrogens (tertiary/aromatic N) is 1. The van der Waals surface area contributed by atoms with Gasteiger partial charge in [-0.2, -0.15) is 0 Å². The largest absolute Gasteiger partial charge is 0.472 e. The van der Waals surface area contributed by atoms with Crippen LogP contribution >= 0.6 is 7.82 Å². The van der Waals surface area contributed by atoms with Gasteiger partial charge in [0, 0.05) is 13.0 Å². The Morgan fingerprint density at radius 3 is 1.65 bits per heavy atom. The van der Waals surface area contributed by atoms with Crippen LogP contribution in [0.1, 0.15) is 136 Å². The molecular weight excluding hydrogens is 529 g/mol. The molecule has 0 aliphatic rings. The van der Waals surface area contributed by atoms with Gasteiger partial charge in [0.1, 0.15) is 19.3 Å². The molecule has 1 N–H and O–H groups in total. The zero-order valence-electron chi connectivity index (χ0n) is 26.8. The number of ether oxygens (including phenoxy) is 2. The summed E-state index contributed by atoms with van der Waals surface area (Å²) in [7, 11) is 1.67. The third kappa shape index (κ3) is 29.0. The Balaban J connectivity index is 4.28. The van der Waals surface area contributed by atoms with Crippen molar-refractivity contribution in [2.75, 3.05) is 54.1 Å². The lowest BCUT2D eigenvalue weighted by atomic mass is 10.1. The number of likely N-dealkylation sites (N-methyl/N-ethyl adjacent to an activating group) is 1. The van der Waals surface area contributed by atoms with Crippen molar-refractivity contribution < 1.29 is 37.3 Å². The molecule has 9 heteroatoms. The van der Waals surface area contributed by atoms with Crippen molar-refractivity contribution in [1.82, 2.24) is 0 Å². The standard InChI is InChI=1S/C31H64NO7P/c1-6-8-10-12-14-15-16-17-18-19-21-23-26-36-28-30(39-31(33)24-22-20-13-11-9-7-2)29-38-40(34,35)37-27-25-32(3,4)5/h30H,6-29H2,1-5H3/p+1. The smallest absolute Gasteiger partial charge is 0.457 e. The second-order valence-corrected chi connectivity index (χ2v) is 13.7. The van der Waals surface area contributed by atoms with Gasteiger partial charge in [-0.05, 0) is 12.8 Å². The molecule has 0 radical (unpaired) electrons. The number of hydrogen-bond donors (Lipinski definition) is 1. The molecule has 0 aromatic rings. The molecule has 8 nitrogen and oxygen atoms in total. The number of phosphoric ester groups is 1. The lowest BCUT2D eigenvalue weighted by Gasteiger charge is -2.24. The summed E-state index contributed by atoms with van der Waals surface area (Å²) < 4.78 is 34.5. The maximum Gasteiger partial charge on any atom is 0.472 e. The Hall–Kier alpha value is -0.500. The van der Waals surface area contributed by atoms with Crippen LogP contribution < -0.4 is 0 Å². The lowest BCUT2D eigenvalue weighted by Crippen LogP contribution is -2.37. The summed E-state index contributed by atoms with van der Waals surface area (Å²) in [6.45, 7) is 5.56. The number of esters is 1. The molecule has 0 fully saturated rings. The van der Waals surface area contributed by atoms with Crippen LogP contribution in [0.25, 0.3) is 0 Å². The second-order valence-electron chi connectivity index (χ2n) is 12.2. The van der Waals surface area contributed by atoms with Gasteiger partial charge in [-0.25, -0.2) is 4.57 Å². The van der Waals surface area contributed by atoms with Crippen molar-refractivity contribution in [2.45, 2.75) is 142 Å². The van der Waals surface area contributed by atoms with Crippen molar-refractivity contribution in [1.29, 1.82) is 0 Å². The summed E-state index contributed by atoms with van der Waals surface area (Å²) in [5, 5.41) is 0. The molecule has 0 saturated carbocycles. The zero-order chi connectivity index (χ0) is 30.0. The van der Waals surface area contributed by atoms with Crippen LogP contribution in [0.5, 0.6) is 0 Å². The zero-order valence-corrected chi connectivity index (χ0v) is 27.7. The van der Waals surface area contributed by atoms with E-state index in [9.17, 15) is 14.3 Å². The molecule has 0 aromatic carbocycles. The topological polar surface area (TPSA) is 91.3 Å². The number of carbonyl (C=O) groups is 1. The normalized spacial score (nSPS) is 14.2. The molecule has 0 aromatic heterocycles. The molecule has 0 bridgehead atoms. The summed E-state index contributed by atoms with van der Waals surface area (Å²) in [5.74, 6) is -0.322. The Labute approximate surface area is 247 Å². The third-order valence-electron chi connectivity index (χ3n) is 6.92. The molecule has 0 heterocycles. The van der Waals surface area contributed by atoms with Gasteiger partial charge in [0.25, 0.3) is 0 Å². The summed E-state index contributed by atoms with van der Waals surface area (Å²) in [5.41, 5.74) is 0. The Kier molecular flexibility index (Phi) is 25.8. The number of phosphoric acid groups is 1. The Bertz CT molecular complexity index is 627. The van der Waals surface area contributed by atoms with E-state index in [2.05, 4.69) is 13.8 Å². The third-order valence-corrected chi connectivity index (χ3v) is 7.90. The number of rotatable bonds is 30. The molecule has 2 unspecified atom stereocenters. The predicted octanol–water partition coefficient (Wildman–Crippen LogP) is 8.21. The maximum absolute atomic E-state index is 12.4. The SMILES string of the molecule is CCCCCCCCCCCCCCOCC(COP(=O)(O)OCC[N+](C)(C)C)OC(=O)CCCCCCCC. The quantitative estimate of drug-likeness (QED) is 0.0388. The van der Waals surface area contributed by atoms with Crippen LogP contribution in [0.15, 0.2) is 0 Å². The summed E-state index contributed by atoms with van der Waals surface area (Å²) in [6, 6.07) is 0. The van der Waals surface area contributed by atoms with Crippen LogP contribution in [-0.2, 0) is 27.9 Å². The highest BCUT2D eigenvalue weighted by Crippen LogP contribution is 2.43. The van der Waals surface area contributed by atoms with Crippen molar-refractivity contribution in [3.05, 3.63) is 0 Å². The van der Waals surface area contributed by atoms with Crippen LogP contribution in [0, 0.1) is 0 Å². The first-order valence-corrected chi connectivity index (χ1v) is 17.8. The fraction of sp³-hybridized carbons (Fsp3) is 0.968. The number of quaternary nitrogens is 1. The van der Waals surface area contributed by atoms with Crippen LogP contribution in [-0.4, -0.2) is 75.6 Å². The average molecular weight is 595 g/mol. The van der Waals surface area contributed by atoms with Gasteiger partial charge >= 0.3 is 13.8 Å². The Morgan fingerprint density at radius 2 is 1.15 bits per heavy atom. The van der Waals surface area contributed by atoms with E-state index in [0.717, 1.165) is 32.1 Å². The fourth-order valence-electron chi connectivity index (χ4n) is 4.32. The first kappa shape index (κ1) is 39.5. The highest BCUT2D eigenvalue weighted by atomic mass is 31.2. The molecule has 40 heavy (non-hydrogen) atoms. The van der Waals surface area contributed by atoms with Gasteiger partial charge < -0.3 is 18.9 Å². The van der Waals surface area contributed by atoms with E-state index < -0.39 is 13.9 Å². The van der Waals surface area contributed by atoms with E-state index in [-0.39, 0.29) is 25.8 Å². The minimum Gasteiger partial charge on any atom is -0.457 e. The maximum atomic E-state index is 12.4.